The maximum atomic E-state index is 6.14. The van der Waals surface area contributed by atoms with Gasteiger partial charge in [0, 0.05) is 24.7 Å². The summed E-state index contributed by atoms with van der Waals surface area (Å²) in [4.78, 5) is 2.56. The molecule has 18 heavy (non-hydrogen) atoms. The number of ether oxygens (including phenoxy) is 1. The van der Waals surface area contributed by atoms with Crippen LogP contribution in [0.3, 0.4) is 0 Å². The summed E-state index contributed by atoms with van der Waals surface area (Å²) in [6, 6.07) is 0.594. The molecule has 0 aromatic rings. The Morgan fingerprint density at radius 3 is 2.50 bits per heavy atom. The predicted octanol–water partition coefficient (Wildman–Crippen LogP) is 2.39. The van der Waals surface area contributed by atoms with Crippen LogP contribution in [0.25, 0.3) is 0 Å². The monoisotopic (exact) mass is 254 g/mol. The van der Waals surface area contributed by atoms with E-state index in [1.165, 1.54) is 44.9 Å². The van der Waals surface area contributed by atoms with Crippen molar-refractivity contribution in [3.8, 4) is 0 Å². The molecule has 1 aliphatic heterocycles. The molecule has 0 radical (unpaired) electrons. The third-order valence-corrected chi connectivity index (χ3v) is 5.31. The number of hydrogen-bond donors (Lipinski definition) is 1. The summed E-state index contributed by atoms with van der Waals surface area (Å²) in [5.74, 6) is 0.947. The average Bonchev–Trinajstić information content (AvgIpc) is 2.93. The van der Waals surface area contributed by atoms with Crippen LogP contribution < -0.4 is 5.73 Å². The number of rotatable bonds is 5. The van der Waals surface area contributed by atoms with Crippen LogP contribution in [0, 0.1) is 5.92 Å². The molecule has 106 valence electrons. The molecule has 0 amide bonds. The van der Waals surface area contributed by atoms with E-state index in [4.69, 9.17) is 10.5 Å². The van der Waals surface area contributed by atoms with E-state index in [1.54, 1.807) is 0 Å². The van der Waals surface area contributed by atoms with Crippen molar-refractivity contribution < 1.29 is 4.74 Å². The molecule has 2 N–H and O–H groups in total. The molecule has 1 aliphatic carbocycles. The summed E-state index contributed by atoms with van der Waals surface area (Å²) in [6.45, 7) is 4.93. The first-order chi connectivity index (χ1) is 8.72. The van der Waals surface area contributed by atoms with Crippen LogP contribution in [0.2, 0.25) is 0 Å². The van der Waals surface area contributed by atoms with Gasteiger partial charge in [-0.05, 0) is 45.1 Å². The van der Waals surface area contributed by atoms with E-state index in [2.05, 4.69) is 18.9 Å². The van der Waals surface area contributed by atoms with Gasteiger partial charge in [-0.3, -0.25) is 4.90 Å². The van der Waals surface area contributed by atoms with Gasteiger partial charge in [0.1, 0.15) is 0 Å². The molecule has 2 aliphatic rings. The Labute approximate surface area is 112 Å². The molecule has 1 saturated heterocycles. The highest BCUT2D eigenvalue weighted by Crippen LogP contribution is 2.38. The standard InChI is InChI=1S/C15H30N2O/c1-3-4-13-5-8-15(12-16,9-6-13)17(2)14-7-10-18-11-14/h13-14H,3-12,16H2,1-2H3. The Morgan fingerprint density at radius 2 is 2.00 bits per heavy atom. The normalized spacial score (nSPS) is 37.3. The van der Waals surface area contributed by atoms with Crippen LogP contribution in [0.4, 0.5) is 0 Å². The molecule has 2 rings (SSSR count). The molecule has 1 atom stereocenters. The average molecular weight is 254 g/mol. The van der Waals surface area contributed by atoms with Gasteiger partial charge in [0.15, 0.2) is 0 Å². The highest BCUT2D eigenvalue weighted by atomic mass is 16.5. The Morgan fingerprint density at radius 1 is 1.28 bits per heavy atom. The molecule has 0 aromatic carbocycles. The minimum Gasteiger partial charge on any atom is -0.380 e. The fourth-order valence-corrected chi connectivity index (χ4v) is 3.83. The van der Waals surface area contributed by atoms with E-state index in [-0.39, 0.29) is 5.54 Å². The van der Waals surface area contributed by atoms with Crippen molar-refractivity contribution in [2.24, 2.45) is 11.7 Å². The van der Waals surface area contributed by atoms with Gasteiger partial charge in [0.2, 0.25) is 0 Å². The first kappa shape index (κ1) is 14.3. The van der Waals surface area contributed by atoms with Crippen molar-refractivity contribution in [3.63, 3.8) is 0 Å². The Balaban J connectivity index is 1.94. The lowest BCUT2D eigenvalue weighted by molar-refractivity contribution is 0.0243. The second kappa shape index (κ2) is 6.36. The second-order valence-corrected chi connectivity index (χ2v) is 6.29. The first-order valence-electron chi connectivity index (χ1n) is 7.72. The van der Waals surface area contributed by atoms with E-state index in [0.717, 1.165) is 25.7 Å². The van der Waals surface area contributed by atoms with Gasteiger partial charge in [0.25, 0.3) is 0 Å². The molecule has 0 bridgehead atoms. The minimum absolute atomic E-state index is 0.253. The van der Waals surface area contributed by atoms with Gasteiger partial charge in [-0.1, -0.05) is 19.8 Å². The molecular formula is C15H30N2O. The summed E-state index contributed by atoms with van der Waals surface area (Å²) < 4.78 is 5.54. The van der Waals surface area contributed by atoms with Crippen LogP contribution in [-0.2, 0) is 4.74 Å². The number of hydrogen-bond acceptors (Lipinski definition) is 3. The van der Waals surface area contributed by atoms with Crippen LogP contribution >= 0.6 is 0 Å². The van der Waals surface area contributed by atoms with Crippen LogP contribution in [0.15, 0.2) is 0 Å². The van der Waals surface area contributed by atoms with Crippen molar-refractivity contribution in [1.29, 1.82) is 0 Å². The van der Waals surface area contributed by atoms with Crippen molar-refractivity contribution in [3.05, 3.63) is 0 Å². The molecule has 2 fully saturated rings. The van der Waals surface area contributed by atoms with Gasteiger partial charge >= 0.3 is 0 Å². The largest absolute Gasteiger partial charge is 0.380 e. The molecule has 0 aromatic heterocycles. The summed E-state index contributed by atoms with van der Waals surface area (Å²) in [6.07, 6.45) is 9.19. The Hall–Kier alpha value is -0.120. The molecule has 1 unspecified atom stereocenters. The lowest BCUT2D eigenvalue weighted by Crippen LogP contribution is -2.57. The first-order valence-corrected chi connectivity index (χ1v) is 7.72. The van der Waals surface area contributed by atoms with Crippen molar-refractivity contribution in [2.45, 2.75) is 63.5 Å². The summed E-state index contributed by atoms with van der Waals surface area (Å²) >= 11 is 0. The predicted molar refractivity (Wildman–Crippen MR) is 75.6 cm³/mol. The zero-order valence-corrected chi connectivity index (χ0v) is 12.2. The summed E-state index contributed by atoms with van der Waals surface area (Å²) in [5.41, 5.74) is 6.40. The van der Waals surface area contributed by atoms with Gasteiger partial charge < -0.3 is 10.5 Å². The zero-order chi connectivity index (χ0) is 13.0. The minimum atomic E-state index is 0.253. The van der Waals surface area contributed by atoms with E-state index in [1.807, 2.05) is 0 Å². The van der Waals surface area contributed by atoms with Crippen LogP contribution in [0.1, 0.15) is 51.9 Å². The van der Waals surface area contributed by atoms with E-state index >= 15 is 0 Å². The topological polar surface area (TPSA) is 38.5 Å². The third-order valence-electron chi connectivity index (χ3n) is 5.31. The van der Waals surface area contributed by atoms with Crippen molar-refractivity contribution in [1.82, 2.24) is 4.90 Å². The van der Waals surface area contributed by atoms with E-state index in [9.17, 15) is 0 Å². The van der Waals surface area contributed by atoms with Gasteiger partial charge in [-0.15, -0.1) is 0 Å². The second-order valence-electron chi connectivity index (χ2n) is 6.29. The highest BCUT2D eigenvalue weighted by molar-refractivity contribution is 4.97. The zero-order valence-electron chi connectivity index (χ0n) is 12.2. The molecule has 1 heterocycles. The smallest absolute Gasteiger partial charge is 0.0622 e. The lowest BCUT2D eigenvalue weighted by atomic mass is 9.74. The Bertz CT molecular complexity index is 243. The summed E-state index contributed by atoms with van der Waals surface area (Å²) in [7, 11) is 2.27. The maximum absolute atomic E-state index is 6.14. The van der Waals surface area contributed by atoms with Gasteiger partial charge in [0.05, 0.1) is 6.61 Å². The van der Waals surface area contributed by atoms with E-state index in [0.29, 0.717) is 6.04 Å². The highest BCUT2D eigenvalue weighted by Gasteiger charge is 2.40. The maximum Gasteiger partial charge on any atom is 0.0622 e. The number of nitrogens with zero attached hydrogens (tertiary/aromatic N) is 1. The third kappa shape index (κ3) is 2.89. The van der Waals surface area contributed by atoms with Crippen molar-refractivity contribution >= 4 is 0 Å². The van der Waals surface area contributed by atoms with Crippen molar-refractivity contribution in [2.75, 3.05) is 26.8 Å². The lowest BCUT2D eigenvalue weighted by Gasteiger charge is -2.48. The number of nitrogens with two attached hydrogens (primary N) is 1. The van der Waals surface area contributed by atoms with Crippen LogP contribution in [0.5, 0.6) is 0 Å². The fourth-order valence-electron chi connectivity index (χ4n) is 3.83. The van der Waals surface area contributed by atoms with Gasteiger partial charge in [-0.25, -0.2) is 0 Å². The fraction of sp³-hybridized carbons (Fsp3) is 1.00. The molecule has 3 heteroatoms. The SMILES string of the molecule is CCCC1CCC(CN)(N(C)C2CCOC2)CC1. The quantitative estimate of drug-likeness (QED) is 0.819. The Kier molecular flexibility index (Phi) is 5.05. The van der Waals surface area contributed by atoms with Crippen LogP contribution in [-0.4, -0.2) is 43.3 Å². The number of likely N-dealkylation sites (N-methyl/N-ethyl adjacent to an activating group) is 1. The molecule has 0 spiro atoms. The summed E-state index contributed by atoms with van der Waals surface area (Å²) in [5, 5.41) is 0. The molecule has 1 saturated carbocycles. The molecular weight excluding hydrogens is 224 g/mol. The van der Waals surface area contributed by atoms with E-state index < -0.39 is 0 Å². The molecule has 3 nitrogen and oxygen atoms in total. The van der Waals surface area contributed by atoms with Gasteiger partial charge in [-0.2, -0.15) is 0 Å².